The molecule has 3 rings (SSSR count). The van der Waals surface area contributed by atoms with Crippen LogP contribution < -0.4 is 0 Å². The normalized spacial score (nSPS) is 10.5. The van der Waals surface area contributed by atoms with Crippen LogP contribution in [0.5, 0.6) is 0 Å². The van der Waals surface area contributed by atoms with Gasteiger partial charge in [-0.2, -0.15) is 0 Å². The van der Waals surface area contributed by atoms with Crippen molar-refractivity contribution in [2.24, 2.45) is 0 Å². The Labute approximate surface area is 139 Å². The number of pyridine rings is 1. The predicted molar refractivity (Wildman–Crippen MR) is 93.8 cm³/mol. The molecule has 0 aliphatic rings. The molecule has 114 valence electrons. The van der Waals surface area contributed by atoms with Crippen molar-refractivity contribution in [1.82, 2.24) is 4.98 Å². The fourth-order valence-corrected chi connectivity index (χ4v) is 2.76. The lowest BCUT2D eigenvalue weighted by molar-refractivity contribution is 0.0697. The van der Waals surface area contributed by atoms with Crippen LogP contribution in [0.3, 0.4) is 0 Å². The summed E-state index contributed by atoms with van der Waals surface area (Å²) in [6, 6.07) is 17.2. The van der Waals surface area contributed by atoms with Gasteiger partial charge >= 0.3 is 5.97 Å². The third kappa shape index (κ3) is 3.43. The fraction of sp³-hybridized carbons (Fsp3) is 0.0526. The van der Waals surface area contributed by atoms with E-state index in [4.69, 9.17) is 5.11 Å². The Morgan fingerprint density at radius 1 is 0.870 bits per heavy atom. The zero-order valence-electron chi connectivity index (χ0n) is 12.6. The van der Waals surface area contributed by atoms with Gasteiger partial charge in [-0.25, -0.2) is 4.79 Å². The van der Waals surface area contributed by atoms with Gasteiger partial charge in [0.15, 0.2) is 0 Å². The molecule has 4 heteroatoms. The molecule has 3 aromatic rings. The molecule has 3 nitrogen and oxygen atoms in total. The van der Waals surface area contributed by atoms with E-state index >= 15 is 0 Å². The first-order valence-corrected chi connectivity index (χ1v) is 8.33. The van der Waals surface area contributed by atoms with Gasteiger partial charge in [-0.1, -0.05) is 36.4 Å². The number of nitrogens with zero attached hydrogens (tertiary/aromatic N) is 1. The van der Waals surface area contributed by atoms with Crippen molar-refractivity contribution in [3.8, 4) is 22.3 Å². The van der Waals surface area contributed by atoms with E-state index in [9.17, 15) is 4.79 Å². The van der Waals surface area contributed by atoms with Gasteiger partial charge in [0.2, 0.25) is 0 Å². The van der Waals surface area contributed by atoms with E-state index in [1.54, 1.807) is 23.9 Å². The molecule has 0 fully saturated rings. The third-order valence-electron chi connectivity index (χ3n) is 3.63. The van der Waals surface area contributed by atoms with E-state index in [0.717, 1.165) is 27.1 Å². The zero-order chi connectivity index (χ0) is 16.2. The van der Waals surface area contributed by atoms with Crippen molar-refractivity contribution >= 4 is 17.7 Å². The number of carboxylic acid groups (broad SMARTS) is 1. The summed E-state index contributed by atoms with van der Waals surface area (Å²) < 4.78 is 0. The molecule has 0 unspecified atom stereocenters. The van der Waals surface area contributed by atoms with Crippen molar-refractivity contribution in [1.29, 1.82) is 0 Å². The Morgan fingerprint density at radius 2 is 1.39 bits per heavy atom. The molecular formula is C19H15NO2S. The molecule has 0 amide bonds. The van der Waals surface area contributed by atoms with Crippen LogP contribution in [0.15, 0.2) is 71.9 Å². The van der Waals surface area contributed by atoms with Crippen LogP contribution in [-0.4, -0.2) is 22.3 Å². The zero-order valence-corrected chi connectivity index (χ0v) is 13.4. The van der Waals surface area contributed by atoms with Gasteiger partial charge in [-0.3, -0.25) is 4.98 Å². The summed E-state index contributed by atoms with van der Waals surface area (Å²) in [7, 11) is 0. The SMILES string of the molecule is CSc1cncc(-c2ccc(-c3ccc(C(=O)O)cc3)cc2)c1. The Balaban J connectivity index is 1.88. The van der Waals surface area contributed by atoms with Crippen LogP contribution in [-0.2, 0) is 0 Å². The number of thioether (sulfide) groups is 1. The lowest BCUT2D eigenvalue weighted by Crippen LogP contribution is -1.94. The first-order chi connectivity index (χ1) is 11.2. The summed E-state index contributed by atoms with van der Waals surface area (Å²) in [5.41, 5.74) is 4.55. The van der Waals surface area contributed by atoms with Crippen LogP contribution >= 0.6 is 11.8 Å². The molecule has 2 aromatic carbocycles. The summed E-state index contributed by atoms with van der Waals surface area (Å²) in [5, 5.41) is 8.94. The average molecular weight is 321 g/mol. The monoisotopic (exact) mass is 321 g/mol. The minimum Gasteiger partial charge on any atom is -0.478 e. The van der Waals surface area contributed by atoms with E-state index in [1.807, 2.05) is 42.9 Å². The largest absolute Gasteiger partial charge is 0.478 e. The standard InChI is InChI=1S/C19H15NO2S/c1-23-18-10-17(11-20-12-18)15-4-2-13(3-5-15)14-6-8-16(9-7-14)19(21)22/h2-12H,1H3,(H,21,22). The topological polar surface area (TPSA) is 50.2 Å². The van der Waals surface area contributed by atoms with Crippen molar-refractivity contribution in [2.75, 3.05) is 6.26 Å². The second kappa shape index (κ2) is 6.67. The van der Waals surface area contributed by atoms with Crippen LogP contribution in [0.2, 0.25) is 0 Å². The maximum Gasteiger partial charge on any atom is 0.335 e. The van der Waals surface area contributed by atoms with E-state index in [-0.39, 0.29) is 0 Å². The van der Waals surface area contributed by atoms with Gasteiger partial charge in [0.25, 0.3) is 0 Å². The molecular weight excluding hydrogens is 306 g/mol. The minimum atomic E-state index is -0.909. The van der Waals surface area contributed by atoms with Gasteiger partial charge in [0.1, 0.15) is 0 Å². The highest BCUT2D eigenvalue weighted by Crippen LogP contribution is 2.26. The van der Waals surface area contributed by atoms with Gasteiger partial charge in [0.05, 0.1) is 5.56 Å². The van der Waals surface area contributed by atoms with Crippen molar-refractivity contribution < 1.29 is 9.90 Å². The second-order valence-corrected chi connectivity index (χ2v) is 5.95. The number of rotatable bonds is 4. The highest BCUT2D eigenvalue weighted by Gasteiger charge is 2.04. The number of aromatic nitrogens is 1. The highest BCUT2D eigenvalue weighted by atomic mass is 32.2. The molecule has 1 heterocycles. The number of carboxylic acids is 1. The molecule has 0 aliphatic heterocycles. The van der Waals surface area contributed by atoms with E-state index in [1.165, 1.54) is 0 Å². The Bertz CT molecular complexity index is 827. The number of hydrogen-bond donors (Lipinski definition) is 1. The molecule has 23 heavy (non-hydrogen) atoms. The summed E-state index contributed by atoms with van der Waals surface area (Å²) >= 11 is 1.67. The lowest BCUT2D eigenvalue weighted by atomic mass is 10.0. The third-order valence-corrected chi connectivity index (χ3v) is 4.33. The molecule has 0 radical (unpaired) electrons. The maximum atomic E-state index is 10.9. The minimum absolute atomic E-state index is 0.297. The smallest absolute Gasteiger partial charge is 0.335 e. The molecule has 0 aliphatic carbocycles. The first kappa shape index (κ1) is 15.3. The van der Waals surface area contributed by atoms with Crippen LogP contribution in [0, 0.1) is 0 Å². The first-order valence-electron chi connectivity index (χ1n) is 7.10. The second-order valence-electron chi connectivity index (χ2n) is 5.07. The van der Waals surface area contributed by atoms with Crippen LogP contribution in [0.1, 0.15) is 10.4 Å². The van der Waals surface area contributed by atoms with E-state index in [0.29, 0.717) is 5.56 Å². The quantitative estimate of drug-likeness (QED) is 0.699. The number of hydrogen-bond acceptors (Lipinski definition) is 3. The molecule has 1 aromatic heterocycles. The highest BCUT2D eigenvalue weighted by molar-refractivity contribution is 7.98. The predicted octanol–water partition coefficient (Wildman–Crippen LogP) is 4.84. The molecule has 0 saturated carbocycles. The van der Waals surface area contributed by atoms with Crippen LogP contribution in [0.25, 0.3) is 22.3 Å². The van der Waals surface area contributed by atoms with Gasteiger partial charge < -0.3 is 5.11 Å². The van der Waals surface area contributed by atoms with E-state index in [2.05, 4.69) is 23.2 Å². The summed E-state index contributed by atoms with van der Waals surface area (Å²) in [4.78, 5) is 16.3. The molecule has 0 saturated heterocycles. The van der Waals surface area contributed by atoms with Crippen LogP contribution in [0.4, 0.5) is 0 Å². The fourth-order valence-electron chi connectivity index (χ4n) is 2.35. The van der Waals surface area contributed by atoms with Gasteiger partial charge in [0, 0.05) is 22.9 Å². The number of aromatic carboxylic acids is 1. The summed E-state index contributed by atoms with van der Waals surface area (Å²) in [5.74, 6) is -0.909. The Kier molecular flexibility index (Phi) is 4.44. The van der Waals surface area contributed by atoms with Crippen molar-refractivity contribution in [3.05, 3.63) is 72.6 Å². The van der Waals surface area contributed by atoms with Gasteiger partial charge in [-0.15, -0.1) is 11.8 Å². The molecule has 0 bridgehead atoms. The van der Waals surface area contributed by atoms with Gasteiger partial charge in [-0.05, 0) is 41.1 Å². The average Bonchev–Trinajstić information content (AvgIpc) is 2.62. The number of benzene rings is 2. The molecule has 0 atom stereocenters. The number of carbonyl (C=O) groups is 1. The Hall–Kier alpha value is -2.59. The van der Waals surface area contributed by atoms with Crippen molar-refractivity contribution in [3.63, 3.8) is 0 Å². The Morgan fingerprint density at radius 3 is 1.91 bits per heavy atom. The molecule has 0 spiro atoms. The lowest BCUT2D eigenvalue weighted by Gasteiger charge is -2.06. The van der Waals surface area contributed by atoms with E-state index < -0.39 is 5.97 Å². The summed E-state index contributed by atoms with van der Waals surface area (Å²) in [6.07, 6.45) is 5.74. The molecule has 1 N–H and O–H groups in total. The van der Waals surface area contributed by atoms with Crippen molar-refractivity contribution in [2.45, 2.75) is 4.90 Å². The maximum absolute atomic E-state index is 10.9. The summed E-state index contributed by atoms with van der Waals surface area (Å²) in [6.45, 7) is 0.